The molecule has 1 aromatic rings. The molecule has 0 saturated heterocycles. The van der Waals surface area contributed by atoms with Gasteiger partial charge >= 0.3 is 0 Å². The van der Waals surface area contributed by atoms with Crippen LogP contribution in [-0.2, 0) is 9.84 Å². The molecule has 0 amide bonds. The van der Waals surface area contributed by atoms with Gasteiger partial charge in [-0.15, -0.1) is 0 Å². The molecular formula is C13H19NO3S. The molecule has 0 radical (unpaired) electrons. The summed E-state index contributed by atoms with van der Waals surface area (Å²) in [4.78, 5) is 0.320. The zero-order valence-corrected chi connectivity index (χ0v) is 11.4. The summed E-state index contributed by atoms with van der Waals surface area (Å²) in [5, 5.41) is -0.250. The fourth-order valence-corrected chi connectivity index (χ4v) is 4.30. The fourth-order valence-electron chi connectivity index (χ4n) is 2.44. The number of anilines is 1. The van der Waals surface area contributed by atoms with E-state index >= 15 is 0 Å². The van der Waals surface area contributed by atoms with Gasteiger partial charge in [0, 0.05) is 6.07 Å². The zero-order valence-electron chi connectivity index (χ0n) is 10.6. The molecule has 2 rings (SSSR count). The van der Waals surface area contributed by atoms with Crippen molar-refractivity contribution in [2.24, 2.45) is 0 Å². The van der Waals surface area contributed by atoms with Crippen LogP contribution in [0.1, 0.15) is 32.1 Å². The van der Waals surface area contributed by atoms with Crippen molar-refractivity contribution in [1.29, 1.82) is 0 Å². The second-order valence-corrected chi connectivity index (χ2v) is 6.94. The molecule has 5 heteroatoms. The molecule has 2 N–H and O–H groups in total. The van der Waals surface area contributed by atoms with E-state index < -0.39 is 9.84 Å². The van der Waals surface area contributed by atoms with E-state index in [1.807, 2.05) is 0 Å². The van der Waals surface area contributed by atoms with Crippen molar-refractivity contribution in [2.45, 2.75) is 42.2 Å². The van der Waals surface area contributed by atoms with Crippen LogP contribution in [0.2, 0.25) is 0 Å². The lowest BCUT2D eigenvalue weighted by molar-refractivity contribution is 0.415. The highest BCUT2D eigenvalue weighted by Crippen LogP contribution is 2.31. The maximum atomic E-state index is 12.5. The standard InChI is InChI=1S/C13H19NO3S/c1-17-13-9-11(7-8-12(13)14)18(15,16)10-5-3-2-4-6-10/h7-10H,2-6,14H2,1H3. The van der Waals surface area contributed by atoms with E-state index in [4.69, 9.17) is 10.5 Å². The molecule has 18 heavy (non-hydrogen) atoms. The van der Waals surface area contributed by atoms with Crippen LogP contribution in [0, 0.1) is 0 Å². The maximum absolute atomic E-state index is 12.5. The highest BCUT2D eigenvalue weighted by Gasteiger charge is 2.29. The molecule has 0 aromatic heterocycles. The third-order valence-electron chi connectivity index (χ3n) is 3.52. The molecular weight excluding hydrogens is 250 g/mol. The Hall–Kier alpha value is -1.23. The van der Waals surface area contributed by atoms with Crippen molar-refractivity contribution >= 4 is 15.5 Å². The Bertz CT molecular complexity index is 519. The summed E-state index contributed by atoms with van der Waals surface area (Å²) < 4.78 is 30.0. The number of benzene rings is 1. The number of hydrogen-bond acceptors (Lipinski definition) is 4. The fraction of sp³-hybridized carbons (Fsp3) is 0.538. The van der Waals surface area contributed by atoms with Crippen LogP contribution < -0.4 is 10.5 Å². The van der Waals surface area contributed by atoms with Crippen molar-refractivity contribution in [2.75, 3.05) is 12.8 Å². The first kappa shape index (κ1) is 13.2. The topological polar surface area (TPSA) is 69.4 Å². The quantitative estimate of drug-likeness (QED) is 0.855. The molecule has 1 aliphatic carbocycles. The molecule has 1 saturated carbocycles. The second kappa shape index (κ2) is 5.18. The van der Waals surface area contributed by atoms with Gasteiger partial charge in [-0.1, -0.05) is 19.3 Å². The van der Waals surface area contributed by atoms with E-state index in [0.717, 1.165) is 32.1 Å². The van der Waals surface area contributed by atoms with E-state index in [1.54, 1.807) is 12.1 Å². The minimum atomic E-state index is -3.25. The Morgan fingerprint density at radius 3 is 2.50 bits per heavy atom. The number of methoxy groups -OCH3 is 1. The van der Waals surface area contributed by atoms with Crippen LogP contribution in [0.4, 0.5) is 5.69 Å². The molecule has 100 valence electrons. The summed E-state index contributed by atoms with van der Waals surface area (Å²) in [5.74, 6) is 0.423. The van der Waals surface area contributed by atoms with Gasteiger partial charge in [0.15, 0.2) is 9.84 Å². The molecule has 0 aliphatic heterocycles. The zero-order chi connectivity index (χ0) is 13.2. The summed E-state index contributed by atoms with van der Waals surface area (Å²) in [6.07, 6.45) is 4.65. The Balaban J connectivity index is 2.34. The lowest BCUT2D eigenvalue weighted by Crippen LogP contribution is -2.24. The highest BCUT2D eigenvalue weighted by molar-refractivity contribution is 7.92. The minimum absolute atomic E-state index is 0.250. The van der Waals surface area contributed by atoms with Gasteiger partial charge in [-0.05, 0) is 25.0 Å². The molecule has 0 bridgehead atoms. The van der Waals surface area contributed by atoms with E-state index in [9.17, 15) is 8.42 Å². The van der Waals surface area contributed by atoms with E-state index in [-0.39, 0.29) is 5.25 Å². The predicted molar refractivity (Wildman–Crippen MR) is 71.5 cm³/mol. The molecule has 4 nitrogen and oxygen atoms in total. The van der Waals surface area contributed by atoms with Gasteiger partial charge < -0.3 is 10.5 Å². The summed E-state index contributed by atoms with van der Waals surface area (Å²) in [6, 6.07) is 4.69. The van der Waals surface area contributed by atoms with Crippen molar-refractivity contribution in [3.63, 3.8) is 0 Å². The normalized spacial score (nSPS) is 17.6. The number of hydrogen-bond donors (Lipinski definition) is 1. The van der Waals surface area contributed by atoms with Gasteiger partial charge in [-0.25, -0.2) is 8.42 Å². The lowest BCUT2D eigenvalue weighted by Gasteiger charge is -2.22. The Labute approximate surface area is 108 Å². The number of nitrogens with two attached hydrogens (primary N) is 1. The molecule has 0 unspecified atom stereocenters. The van der Waals surface area contributed by atoms with Crippen LogP contribution in [0.3, 0.4) is 0 Å². The Kier molecular flexibility index (Phi) is 3.80. The number of ether oxygens (including phenoxy) is 1. The SMILES string of the molecule is COc1cc(S(=O)(=O)C2CCCCC2)ccc1N. The average Bonchev–Trinajstić information content (AvgIpc) is 2.40. The van der Waals surface area contributed by atoms with Gasteiger partial charge in [0.2, 0.25) is 0 Å². The summed E-state index contributed by atoms with van der Waals surface area (Å²) in [5.41, 5.74) is 6.16. The average molecular weight is 269 g/mol. The molecule has 0 spiro atoms. The maximum Gasteiger partial charge on any atom is 0.181 e. The Morgan fingerprint density at radius 1 is 1.22 bits per heavy atom. The number of rotatable bonds is 3. The van der Waals surface area contributed by atoms with Gasteiger partial charge in [-0.3, -0.25) is 0 Å². The van der Waals surface area contributed by atoms with Crippen molar-refractivity contribution in [3.8, 4) is 5.75 Å². The number of sulfone groups is 1. The molecule has 0 heterocycles. The predicted octanol–water partition coefficient (Wildman–Crippen LogP) is 2.38. The number of nitrogen functional groups attached to an aromatic ring is 1. The molecule has 1 fully saturated rings. The van der Waals surface area contributed by atoms with Crippen LogP contribution in [-0.4, -0.2) is 20.8 Å². The largest absolute Gasteiger partial charge is 0.495 e. The van der Waals surface area contributed by atoms with Crippen LogP contribution >= 0.6 is 0 Å². The first-order valence-corrected chi connectivity index (χ1v) is 7.78. The molecule has 1 aliphatic rings. The van der Waals surface area contributed by atoms with E-state index in [2.05, 4.69) is 0 Å². The third-order valence-corrected chi connectivity index (χ3v) is 5.78. The summed E-state index contributed by atoms with van der Waals surface area (Å²) in [6.45, 7) is 0. The Morgan fingerprint density at radius 2 is 1.89 bits per heavy atom. The molecule has 1 aromatic carbocycles. The molecule has 0 atom stereocenters. The first-order chi connectivity index (χ1) is 8.55. The van der Waals surface area contributed by atoms with E-state index in [0.29, 0.717) is 16.3 Å². The smallest absolute Gasteiger partial charge is 0.181 e. The van der Waals surface area contributed by atoms with Gasteiger partial charge in [0.05, 0.1) is 22.9 Å². The van der Waals surface area contributed by atoms with Crippen molar-refractivity contribution < 1.29 is 13.2 Å². The van der Waals surface area contributed by atoms with E-state index in [1.165, 1.54) is 13.2 Å². The van der Waals surface area contributed by atoms with Crippen molar-refractivity contribution in [1.82, 2.24) is 0 Å². The van der Waals surface area contributed by atoms with Crippen LogP contribution in [0.25, 0.3) is 0 Å². The minimum Gasteiger partial charge on any atom is -0.495 e. The second-order valence-electron chi connectivity index (χ2n) is 4.71. The summed E-state index contributed by atoms with van der Waals surface area (Å²) in [7, 11) is -1.76. The van der Waals surface area contributed by atoms with Gasteiger partial charge in [0.1, 0.15) is 5.75 Å². The lowest BCUT2D eigenvalue weighted by atomic mass is 10.0. The van der Waals surface area contributed by atoms with Crippen LogP contribution in [0.15, 0.2) is 23.1 Å². The monoisotopic (exact) mass is 269 g/mol. The first-order valence-electron chi connectivity index (χ1n) is 6.23. The van der Waals surface area contributed by atoms with Gasteiger partial charge in [-0.2, -0.15) is 0 Å². The summed E-state index contributed by atoms with van der Waals surface area (Å²) >= 11 is 0. The van der Waals surface area contributed by atoms with Gasteiger partial charge in [0.25, 0.3) is 0 Å². The third kappa shape index (κ3) is 2.46. The van der Waals surface area contributed by atoms with Crippen molar-refractivity contribution in [3.05, 3.63) is 18.2 Å². The highest BCUT2D eigenvalue weighted by atomic mass is 32.2. The van der Waals surface area contributed by atoms with Crippen LogP contribution in [0.5, 0.6) is 5.75 Å².